The first-order valence-electron chi connectivity index (χ1n) is 9.40. The second-order valence-electron chi connectivity index (χ2n) is 6.62. The molecule has 0 unspecified atom stereocenters. The Labute approximate surface area is 165 Å². The third kappa shape index (κ3) is 4.49. The quantitative estimate of drug-likeness (QED) is 0.531. The third-order valence-corrected chi connectivity index (χ3v) is 4.68. The van der Waals surface area contributed by atoms with Crippen molar-refractivity contribution in [3.05, 3.63) is 95.6 Å². The molecule has 0 aliphatic carbocycles. The van der Waals surface area contributed by atoms with E-state index in [1.807, 2.05) is 60.7 Å². The van der Waals surface area contributed by atoms with Gasteiger partial charge in [-0.15, -0.1) is 0 Å². The Balaban J connectivity index is 2.02. The Bertz CT molecular complexity index is 970. The van der Waals surface area contributed by atoms with Gasteiger partial charge in [0.05, 0.1) is 7.11 Å². The molecule has 3 nitrogen and oxygen atoms in total. The molecular formula is C25H24O3. The summed E-state index contributed by atoms with van der Waals surface area (Å²) in [7, 11) is 1.66. The molecule has 0 spiro atoms. The minimum atomic E-state index is -0.963. The van der Waals surface area contributed by atoms with E-state index in [-0.39, 0.29) is 0 Å². The fourth-order valence-electron chi connectivity index (χ4n) is 3.34. The second-order valence-corrected chi connectivity index (χ2v) is 6.62. The first-order valence-corrected chi connectivity index (χ1v) is 9.40. The van der Waals surface area contributed by atoms with Crippen LogP contribution in [0.5, 0.6) is 5.75 Å². The number of carboxylic acids is 1. The number of ether oxygens (including phenoxy) is 1. The summed E-state index contributed by atoms with van der Waals surface area (Å²) in [6, 6.07) is 24.0. The van der Waals surface area contributed by atoms with E-state index < -0.39 is 5.97 Å². The molecule has 0 aliphatic heterocycles. The van der Waals surface area contributed by atoms with E-state index in [0.29, 0.717) is 5.57 Å². The summed E-state index contributed by atoms with van der Waals surface area (Å²) in [6.07, 6.45) is 3.14. The van der Waals surface area contributed by atoms with Gasteiger partial charge >= 0.3 is 5.97 Å². The van der Waals surface area contributed by atoms with Crippen molar-refractivity contribution in [2.45, 2.75) is 19.8 Å². The highest BCUT2D eigenvalue weighted by Gasteiger charge is 2.11. The zero-order chi connectivity index (χ0) is 19.9. The summed E-state index contributed by atoms with van der Waals surface area (Å²) >= 11 is 0. The van der Waals surface area contributed by atoms with Gasteiger partial charge in [-0.05, 0) is 51.9 Å². The molecule has 3 aromatic carbocycles. The van der Waals surface area contributed by atoms with E-state index in [1.54, 1.807) is 7.11 Å². The van der Waals surface area contributed by atoms with Crippen LogP contribution in [0.2, 0.25) is 0 Å². The molecule has 3 heteroatoms. The van der Waals surface area contributed by atoms with Crippen LogP contribution in [-0.4, -0.2) is 18.2 Å². The summed E-state index contributed by atoms with van der Waals surface area (Å²) in [4.78, 5) is 11.5. The Kier molecular flexibility index (Phi) is 6.28. The largest absolute Gasteiger partial charge is 0.496 e. The predicted molar refractivity (Wildman–Crippen MR) is 114 cm³/mol. The van der Waals surface area contributed by atoms with E-state index in [4.69, 9.17) is 4.74 Å². The Morgan fingerprint density at radius 1 is 0.929 bits per heavy atom. The summed E-state index contributed by atoms with van der Waals surface area (Å²) < 4.78 is 5.45. The van der Waals surface area contributed by atoms with Crippen LogP contribution in [0.25, 0.3) is 16.7 Å². The summed E-state index contributed by atoms with van der Waals surface area (Å²) in [5.41, 5.74) is 5.74. The fourth-order valence-corrected chi connectivity index (χ4v) is 3.34. The SMILES string of the molecule is CCCc1cc(/C(=C\C(=O)O)c2ccc(-c3ccccc3)cc2)ccc1OC. The molecule has 0 saturated heterocycles. The average molecular weight is 372 g/mol. The highest BCUT2D eigenvalue weighted by molar-refractivity contribution is 5.95. The zero-order valence-electron chi connectivity index (χ0n) is 16.2. The fraction of sp³-hybridized carbons (Fsp3) is 0.160. The first-order chi connectivity index (χ1) is 13.6. The van der Waals surface area contributed by atoms with Crippen LogP contribution in [0.1, 0.15) is 30.0 Å². The minimum absolute atomic E-state index is 0.687. The number of hydrogen-bond acceptors (Lipinski definition) is 2. The number of rotatable bonds is 7. The van der Waals surface area contributed by atoms with Gasteiger partial charge in [0, 0.05) is 6.08 Å². The molecule has 3 rings (SSSR count). The molecule has 0 aromatic heterocycles. The van der Waals surface area contributed by atoms with E-state index in [2.05, 4.69) is 19.1 Å². The van der Waals surface area contributed by atoms with Crippen molar-refractivity contribution in [2.24, 2.45) is 0 Å². The molecule has 3 aromatic rings. The standard InChI is InChI=1S/C25H24O3/c1-3-7-22-16-21(14-15-24(22)28-2)23(17-25(26)27)20-12-10-19(11-13-20)18-8-5-4-6-9-18/h4-6,8-17H,3,7H2,1-2H3,(H,26,27)/b23-17-. The molecule has 0 fully saturated rings. The van der Waals surface area contributed by atoms with E-state index in [1.165, 1.54) is 6.08 Å². The summed E-state index contributed by atoms with van der Waals surface area (Å²) in [5.74, 6) is -0.130. The van der Waals surface area contributed by atoms with Crippen LogP contribution in [0, 0.1) is 0 Å². The molecule has 0 amide bonds. The molecule has 0 radical (unpaired) electrons. The van der Waals surface area contributed by atoms with Crippen LogP contribution >= 0.6 is 0 Å². The van der Waals surface area contributed by atoms with Crippen molar-refractivity contribution < 1.29 is 14.6 Å². The molecule has 0 atom stereocenters. The van der Waals surface area contributed by atoms with Crippen molar-refractivity contribution in [1.82, 2.24) is 0 Å². The average Bonchev–Trinajstić information content (AvgIpc) is 2.73. The lowest BCUT2D eigenvalue weighted by Gasteiger charge is -2.13. The molecule has 0 bridgehead atoms. The smallest absolute Gasteiger partial charge is 0.328 e. The number of carboxylic acid groups (broad SMARTS) is 1. The van der Waals surface area contributed by atoms with Gasteiger partial charge in [0.2, 0.25) is 0 Å². The molecule has 142 valence electrons. The molecule has 0 aliphatic rings. The van der Waals surface area contributed by atoms with Gasteiger partial charge in [-0.2, -0.15) is 0 Å². The maximum atomic E-state index is 11.5. The highest BCUT2D eigenvalue weighted by Crippen LogP contribution is 2.30. The first kappa shape index (κ1) is 19.4. The van der Waals surface area contributed by atoms with E-state index >= 15 is 0 Å². The predicted octanol–water partition coefficient (Wildman–Crippen LogP) is 5.83. The van der Waals surface area contributed by atoms with Gasteiger partial charge in [-0.3, -0.25) is 0 Å². The number of aliphatic carboxylic acids is 1. The van der Waals surface area contributed by atoms with Crippen LogP contribution in [0.4, 0.5) is 0 Å². The number of carbonyl (C=O) groups is 1. The van der Waals surface area contributed by atoms with E-state index in [0.717, 1.165) is 46.4 Å². The minimum Gasteiger partial charge on any atom is -0.496 e. The molecular weight excluding hydrogens is 348 g/mol. The monoisotopic (exact) mass is 372 g/mol. The third-order valence-electron chi connectivity index (χ3n) is 4.68. The topological polar surface area (TPSA) is 46.5 Å². The van der Waals surface area contributed by atoms with Crippen LogP contribution in [0.15, 0.2) is 78.9 Å². The Hall–Kier alpha value is -3.33. The van der Waals surface area contributed by atoms with Gasteiger partial charge in [0.1, 0.15) is 5.75 Å². The maximum absolute atomic E-state index is 11.5. The van der Waals surface area contributed by atoms with Gasteiger partial charge < -0.3 is 9.84 Å². The molecule has 1 N–H and O–H groups in total. The van der Waals surface area contributed by atoms with Crippen LogP contribution < -0.4 is 4.74 Å². The van der Waals surface area contributed by atoms with Crippen LogP contribution in [-0.2, 0) is 11.2 Å². The summed E-state index contributed by atoms with van der Waals surface area (Å²) in [5, 5.41) is 9.41. The number of methoxy groups -OCH3 is 1. The number of hydrogen-bond donors (Lipinski definition) is 1. The van der Waals surface area contributed by atoms with Crippen LogP contribution in [0.3, 0.4) is 0 Å². The van der Waals surface area contributed by atoms with Crippen molar-refractivity contribution in [3.63, 3.8) is 0 Å². The van der Waals surface area contributed by atoms with Gasteiger partial charge in [-0.25, -0.2) is 4.79 Å². The van der Waals surface area contributed by atoms with Crippen molar-refractivity contribution in [2.75, 3.05) is 7.11 Å². The lowest BCUT2D eigenvalue weighted by molar-refractivity contribution is -0.131. The highest BCUT2D eigenvalue weighted by atomic mass is 16.5. The molecule has 0 saturated carbocycles. The van der Waals surface area contributed by atoms with Crippen molar-refractivity contribution in [3.8, 4) is 16.9 Å². The van der Waals surface area contributed by atoms with Gasteiger partial charge in [0.15, 0.2) is 0 Å². The van der Waals surface area contributed by atoms with E-state index in [9.17, 15) is 9.90 Å². The van der Waals surface area contributed by atoms with Crippen molar-refractivity contribution in [1.29, 1.82) is 0 Å². The summed E-state index contributed by atoms with van der Waals surface area (Å²) in [6.45, 7) is 2.11. The lowest BCUT2D eigenvalue weighted by Crippen LogP contribution is -1.98. The maximum Gasteiger partial charge on any atom is 0.328 e. The number of benzene rings is 3. The molecule has 28 heavy (non-hydrogen) atoms. The zero-order valence-corrected chi connectivity index (χ0v) is 16.2. The Morgan fingerprint density at radius 2 is 1.57 bits per heavy atom. The molecule has 0 heterocycles. The lowest BCUT2D eigenvalue weighted by atomic mass is 9.93. The van der Waals surface area contributed by atoms with Crippen molar-refractivity contribution >= 4 is 11.5 Å². The normalized spacial score (nSPS) is 11.3. The van der Waals surface area contributed by atoms with Gasteiger partial charge in [0.25, 0.3) is 0 Å². The van der Waals surface area contributed by atoms with Gasteiger partial charge in [-0.1, -0.05) is 74.0 Å². The number of aryl methyl sites for hydroxylation is 1. The second kappa shape index (κ2) is 9.05. The Morgan fingerprint density at radius 3 is 2.18 bits per heavy atom.